The molecule has 1 aliphatic heterocycles. The van der Waals surface area contributed by atoms with Gasteiger partial charge in [0.25, 0.3) is 0 Å². The highest BCUT2D eigenvalue weighted by molar-refractivity contribution is 5.84. The number of fused-ring (bicyclic) bond motifs is 1. The lowest BCUT2D eigenvalue weighted by atomic mass is 9.80. The maximum atomic E-state index is 13.5. The van der Waals surface area contributed by atoms with Gasteiger partial charge in [-0.15, -0.1) is 0 Å². The quantitative estimate of drug-likeness (QED) is 0.436. The number of halogens is 1. The number of carbonyl (C=O) groups is 1. The van der Waals surface area contributed by atoms with Crippen molar-refractivity contribution in [2.75, 3.05) is 19.6 Å². The first kappa shape index (κ1) is 23.8. The van der Waals surface area contributed by atoms with E-state index in [-0.39, 0.29) is 29.8 Å². The average molecular weight is 499 g/mol. The van der Waals surface area contributed by atoms with Crippen LogP contribution in [0.3, 0.4) is 0 Å². The van der Waals surface area contributed by atoms with Crippen LogP contribution in [0.15, 0.2) is 72.9 Å². The molecular weight excluding hydrogens is 467 g/mol. The average Bonchev–Trinajstić information content (AvgIpc) is 3.29. The van der Waals surface area contributed by atoms with Gasteiger partial charge < -0.3 is 10.0 Å². The lowest BCUT2D eigenvalue weighted by Crippen LogP contribution is -2.53. The number of aryl methyl sites for hydroxylation is 1. The highest BCUT2D eigenvalue weighted by atomic mass is 19.1. The second-order valence-corrected chi connectivity index (χ2v) is 10.4. The molecule has 0 radical (unpaired) electrons. The standard InChI is InChI=1S/C30H31FN4O2/c1-20-13-28-23(17-32-35(28)25-9-7-24(31)8-10-25)16-27(20)29-19-33(18-21-5-3-2-4-6-21)11-12-34(29)30(37)22-14-26(36)15-22/h2-10,13,16-17,22,26,29,36H,11-12,14-15,18-19H2,1H3/t22?,26?,29-/m1/s1. The predicted molar refractivity (Wildman–Crippen MR) is 141 cm³/mol. The number of rotatable bonds is 5. The first-order chi connectivity index (χ1) is 18.0. The number of amides is 1. The van der Waals surface area contributed by atoms with Gasteiger partial charge in [-0.3, -0.25) is 9.69 Å². The summed E-state index contributed by atoms with van der Waals surface area (Å²) in [6.45, 7) is 5.15. The van der Waals surface area contributed by atoms with Gasteiger partial charge in [-0.25, -0.2) is 9.07 Å². The molecule has 1 amide bonds. The Hall–Kier alpha value is -3.55. The minimum atomic E-state index is -0.359. The fourth-order valence-corrected chi connectivity index (χ4v) is 5.72. The third kappa shape index (κ3) is 4.65. The van der Waals surface area contributed by atoms with Crippen molar-refractivity contribution < 1.29 is 14.3 Å². The maximum Gasteiger partial charge on any atom is 0.226 e. The van der Waals surface area contributed by atoms with E-state index in [2.05, 4.69) is 53.3 Å². The number of benzene rings is 3. The van der Waals surface area contributed by atoms with E-state index < -0.39 is 0 Å². The summed E-state index contributed by atoms with van der Waals surface area (Å²) in [5, 5.41) is 15.4. The molecule has 0 unspecified atom stereocenters. The van der Waals surface area contributed by atoms with Crippen LogP contribution in [0.25, 0.3) is 16.6 Å². The Balaban J connectivity index is 1.34. The van der Waals surface area contributed by atoms with E-state index in [0.717, 1.165) is 47.4 Å². The first-order valence-electron chi connectivity index (χ1n) is 13.0. The number of hydrogen-bond acceptors (Lipinski definition) is 4. The lowest BCUT2D eigenvalue weighted by molar-refractivity contribution is -0.147. The SMILES string of the molecule is Cc1cc2c(cnn2-c2ccc(F)cc2)cc1[C@H]1CN(Cc2ccccc2)CCN1C(=O)C1CC(O)C1. The van der Waals surface area contributed by atoms with Crippen LogP contribution in [-0.2, 0) is 11.3 Å². The van der Waals surface area contributed by atoms with Crippen molar-refractivity contribution in [1.29, 1.82) is 0 Å². The van der Waals surface area contributed by atoms with E-state index in [4.69, 9.17) is 0 Å². The third-order valence-electron chi connectivity index (χ3n) is 7.85. The molecule has 1 saturated carbocycles. The van der Waals surface area contributed by atoms with E-state index in [9.17, 15) is 14.3 Å². The van der Waals surface area contributed by atoms with Gasteiger partial charge in [-0.05, 0) is 72.9 Å². The summed E-state index contributed by atoms with van der Waals surface area (Å²) in [7, 11) is 0. The van der Waals surface area contributed by atoms with Crippen LogP contribution >= 0.6 is 0 Å². The molecule has 2 fully saturated rings. The number of aliphatic hydroxyl groups excluding tert-OH is 1. The molecular formula is C30H31FN4O2. The molecule has 1 atom stereocenters. The van der Waals surface area contributed by atoms with Crippen LogP contribution in [0.1, 0.15) is 35.6 Å². The molecule has 0 bridgehead atoms. The van der Waals surface area contributed by atoms with Gasteiger partial charge in [-0.1, -0.05) is 30.3 Å². The van der Waals surface area contributed by atoms with Crippen LogP contribution in [0.2, 0.25) is 0 Å². The minimum absolute atomic E-state index is 0.0822. The highest BCUT2D eigenvalue weighted by Gasteiger charge is 2.40. The van der Waals surface area contributed by atoms with Crippen LogP contribution < -0.4 is 0 Å². The Morgan fingerprint density at radius 2 is 1.81 bits per heavy atom. The van der Waals surface area contributed by atoms with Gasteiger partial charge in [0.1, 0.15) is 5.82 Å². The molecule has 37 heavy (non-hydrogen) atoms. The van der Waals surface area contributed by atoms with Crippen molar-refractivity contribution >= 4 is 16.8 Å². The highest BCUT2D eigenvalue weighted by Crippen LogP contribution is 2.36. The molecule has 0 spiro atoms. The maximum absolute atomic E-state index is 13.5. The lowest BCUT2D eigenvalue weighted by Gasteiger charge is -2.45. The molecule has 190 valence electrons. The van der Waals surface area contributed by atoms with Gasteiger partial charge in [0.15, 0.2) is 0 Å². The zero-order chi connectivity index (χ0) is 25.5. The van der Waals surface area contributed by atoms with Crippen LogP contribution in [0.5, 0.6) is 0 Å². The van der Waals surface area contributed by atoms with Crippen LogP contribution in [-0.4, -0.2) is 56.3 Å². The number of aliphatic hydroxyl groups is 1. The summed E-state index contributed by atoms with van der Waals surface area (Å²) >= 11 is 0. The first-order valence-corrected chi connectivity index (χ1v) is 13.0. The van der Waals surface area contributed by atoms with Crippen molar-refractivity contribution in [2.45, 2.75) is 38.5 Å². The molecule has 1 aliphatic carbocycles. The Kier molecular flexibility index (Phi) is 6.26. The van der Waals surface area contributed by atoms with Gasteiger partial charge >= 0.3 is 0 Å². The van der Waals surface area contributed by atoms with E-state index in [1.807, 2.05) is 21.8 Å². The largest absolute Gasteiger partial charge is 0.393 e. The van der Waals surface area contributed by atoms with E-state index in [1.165, 1.54) is 17.7 Å². The van der Waals surface area contributed by atoms with E-state index in [0.29, 0.717) is 19.4 Å². The third-order valence-corrected chi connectivity index (χ3v) is 7.85. The van der Waals surface area contributed by atoms with Gasteiger partial charge in [0.05, 0.1) is 29.5 Å². The number of aromatic nitrogens is 2. The zero-order valence-electron chi connectivity index (χ0n) is 20.9. The Morgan fingerprint density at radius 3 is 2.54 bits per heavy atom. The number of piperazine rings is 1. The van der Waals surface area contributed by atoms with Crippen molar-refractivity contribution in [2.24, 2.45) is 5.92 Å². The summed E-state index contributed by atoms with van der Waals surface area (Å²) < 4.78 is 15.3. The summed E-state index contributed by atoms with van der Waals surface area (Å²) in [5.41, 5.74) is 5.22. The molecule has 2 aliphatic rings. The van der Waals surface area contributed by atoms with Crippen molar-refractivity contribution in [3.8, 4) is 5.69 Å². The number of nitrogens with zero attached hydrogens (tertiary/aromatic N) is 4. The Bertz CT molecular complexity index is 1410. The minimum Gasteiger partial charge on any atom is -0.393 e. The topological polar surface area (TPSA) is 61.6 Å². The molecule has 3 aromatic carbocycles. The van der Waals surface area contributed by atoms with Crippen molar-refractivity contribution in [3.63, 3.8) is 0 Å². The van der Waals surface area contributed by atoms with Crippen LogP contribution in [0, 0.1) is 18.7 Å². The van der Waals surface area contributed by atoms with E-state index >= 15 is 0 Å². The molecule has 2 heterocycles. The van der Waals surface area contributed by atoms with Gasteiger partial charge in [0.2, 0.25) is 5.91 Å². The second kappa shape index (κ2) is 9.72. The number of carbonyl (C=O) groups excluding carboxylic acids is 1. The summed E-state index contributed by atoms with van der Waals surface area (Å²) in [6.07, 6.45) is 2.58. The number of hydrogen-bond donors (Lipinski definition) is 1. The zero-order valence-corrected chi connectivity index (χ0v) is 20.9. The fourth-order valence-electron chi connectivity index (χ4n) is 5.72. The normalized spacial score (nSPS) is 22.2. The Labute approximate surface area is 215 Å². The fraction of sp³-hybridized carbons (Fsp3) is 0.333. The second-order valence-electron chi connectivity index (χ2n) is 10.4. The van der Waals surface area contributed by atoms with E-state index in [1.54, 1.807) is 12.1 Å². The molecule has 1 aromatic heterocycles. The van der Waals surface area contributed by atoms with Crippen LogP contribution in [0.4, 0.5) is 4.39 Å². The molecule has 6 rings (SSSR count). The smallest absolute Gasteiger partial charge is 0.226 e. The molecule has 7 heteroatoms. The summed E-state index contributed by atoms with van der Waals surface area (Å²) in [4.78, 5) is 18.0. The summed E-state index contributed by atoms with van der Waals surface area (Å²) in [5.74, 6) is -0.223. The summed E-state index contributed by atoms with van der Waals surface area (Å²) in [6, 6.07) is 21.0. The van der Waals surface area contributed by atoms with Gasteiger partial charge in [-0.2, -0.15) is 5.10 Å². The van der Waals surface area contributed by atoms with Crippen molar-refractivity contribution in [1.82, 2.24) is 19.6 Å². The predicted octanol–water partition coefficient (Wildman–Crippen LogP) is 4.63. The van der Waals surface area contributed by atoms with Gasteiger partial charge in [0, 0.05) is 37.5 Å². The Morgan fingerprint density at radius 1 is 1.05 bits per heavy atom. The monoisotopic (exact) mass is 498 g/mol. The molecule has 1 saturated heterocycles. The molecule has 6 nitrogen and oxygen atoms in total. The molecule has 1 N–H and O–H groups in total. The molecule has 4 aromatic rings. The van der Waals surface area contributed by atoms with Crippen molar-refractivity contribution in [3.05, 3.63) is 95.4 Å².